The molecule has 0 aromatic rings. The molecule has 2 N–H and O–H groups in total. The average molecular weight is 171 g/mol. The van der Waals surface area contributed by atoms with Gasteiger partial charge in [-0.05, 0) is 7.05 Å². The fourth-order valence-electron chi connectivity index (χ4n) is 1.39. The van der Waals surface area contributed by atoms with Gasteiger partial charge in [0.25, 0.3) is 0 Å². The van der Waals surface area contributed by atoms with Crippen LogP contribution in [0.3, 0.4) is 0 Å². The van der Waals surface area contributed by atoms with Crippen molar-refractivity contribution in [2.45, 2.75) is 6.42 Å². The Bertz CT molecular complexity index is 179. The molecule has 4 heteroatoms. The number of rotatable bonds is 3. The molecule has 0 saturated heterocycles. The van der Waals surface area contributed by atoms with Crippen molar-refractivity contribution in [2.24, 2.45) is 0 Å². The average Bonchev–Trinajstić information content (AvgIpc) is 2.05. The van der Waals surface area contributed by atoms with Crippen LogP contribution in [0.1, 0.15) is 6.42 Å². The lowest BCUT2D eigenvalue weighted by Gasteiger charge is -2.27. The maximum Gasteiger partial charge on any atom is 0.0707 e. The van der Waals surface area contributed by atoms with E-state index in [2.05, 4.69) is 22.7 Å². The summed E-state index contributed by atoms with van der Waals surface area (Å²) >= 11 is 0. The first kappa shape index (κ1) is 9.35. The highest BCUT2D eigenvalue weighted by Gasteiger charge is 2.14. The van der Waals surface area contributed by atoms with Crippen molar-refractivity contribution < 1.29 is 4.84 Å². The summed E-state index contributed by atoms with van der Waals surface area (Å²) in [6.07, 6.45) is 1.05. The van der Waals surface area contributed by atoms with Gasteiger partial charge in [0.1, 0.15) is 0 Å². The van der Waals surface area contributed by atoms with Gasteiger partial charge in [-0.3, -0.25) is 10.3 Å². The van der Waals surface area contributed by atoms with Crippen LogP contribution in [0, 0.1) is 0 Å². The molecule has 0 unspecified atom stereocenters. The molecule has 0 aliphatic carbocycles. The molecule has 12 heavy (non-hydrogen) atoms. The van der Waals surface area contributed by atoms with Gasteiger partial charge in [0.2, 0.25) is 0 Å². The smallest absolute Gasteiger partial charge is 0.0707 e. The largest absolute Gasteiger partial charge is 0.390 e. The van der Waals surface area contributed by atoms with Crippen molar-refractivity contribution in [2.75, 3.05) is 34.3 Å². The Labute approximate surface area is 73.5 Å². The zero-order valence-corrected chi connectivity index (χ0v) is 7.98. The molecule has 0 bridgehead atoms. The van der Waals surface area contributed by atoms with E-state index >= 15 is 0 Å². The summed E-state index contributed by atoms with van der Waals surface area (Å²) < 4.78 is 0. The van der Waals surface area contributed by atoms with Crippen molar-refractivity contribution >= 4 is 0 Å². The lowest BCUT2D eigenvalue weighted by atomic mass is 10.1. The number of hydroxylamine groups is 1. The highest BCUT2D eigenvalue weighted by atomic mass is 16.6. The zero-order valence-electron chi connectivity index (χ0n) is 7.98. The Morgan fingerprint density at radius 2 is 2.17 bits per heavy atom. The number of hydrogen-bond acceptors (Lipinski definition) is 4. The Hall–Kier alpha value is -0.740. The predicted octanol–water partition coefficient (Wildman–Crippen LogP) is -0.0961. The molecule has 1 heterocycles. The highest BCUT2D eigenvalue weighted by molar-refractivity contribution is 5.14. The summed E-state index contributed by atoms with van der Waals surface area (Å²) in [7, 11) is 5.68. The van der Waals surface area contributed by atoms with Gasteiger partial charge in [-0.1, -0.05) is 0 Å². The number of nitrogens with one attached hydrogen (secondary N) is 2. The van der Waals surface area contributed by atoms with Crippen LogP contribution in [-0.4, -0.2) is 39.2 Å². The third kappa shape index (κ3) is 2.12. The van der Waals surface area contributed by atoms with E-state index in [1.807, 2.05) is 7.05 Å². The summed E-state index contributed by atoms with van der Waals surface area (Å²) in [5.74, 6) is 0. The van der Waals surface area contributed by atoms with Crippen molar-refractivity contribution in [1.29, 1.82) is 0 Å². The van der Waals surface area contributed by atoms with E-state index in [1.54, 1.807) is 7.11 Å². The summed E-state index contributed by atoms with van der Waals surface area (Å²) in [6, 6.07) is 0. The molecule has 1 aliphatic rings. The van der Waals surface area contributed by atoms with Crippen LogP contribution >= 0.6 is 0 Å². The van der Waals surface area contributed by atoms with E-state index in [9.17, 15) is 0 Å². The minimum absolute atomic E-state index is 0.921. The first-order valence-electron chi connectivity index (χ1n) is 4.15. The van der Waals surface area contributed by atoms with E-state index in [0.717, 1.165) is 25.2 Å². The highest BCUT2D eigenvalue weighted by Crippen LogP contribution is 2.11. The second-order valence-electron chi connectivity index (χ2n) is 3.00. The number of likely N-dealkylation sites (N-methyl/N-ethyl adjacent to an activating group) is 1. The van der Waals surface area contributed by atoms with Crippen molar-refractivity contribution in [3.8, 4) is 0 Å². The minimum Gasteiger partial charge on any atom is -0.390 e. The normalized spacial score (nSPS) is 19.6. The van der Waals surface area contributed by atoms with Crippen LogP contribution in [0.25, 0.3) is 0 Å². The molecular weight excluding hydrogens is 154 g/mol. The lowest BCUT2D eigenvalue weighted by molar-refractivity contribution is 0.105. The van der Waals surface area contributed by atoms with Gasteiger partial charge in [-0.25, -0.2) is 0 Å². The van der Waals surface area contributed by atoms with Gasteiger partial charge in [-0.2, -0.15) is 0 Å². The van der Waals surface area contributed by atoms with Crippen LogP contribution < -0.4 is 10.8 Å². The topological polar surface area (TPSA) is 36.5 Å². The Balaban J connectivity index is 2.63. The first-order valence-corrected chi connectivity index (χ1v) is 4.15. The fourth-order valence-corrected chi connectivity index (χ4v) is 1.39. The van der Waals surface area contributed by atoms with Crippen LogP contribution in [0.4, 0.5) is 0 Å². The SMILES string of the molecule is CNC1=C(NOC)CN(C)CC1. The lowest BCUT2D eigenvalue weighted by Crippen LogP contribution is -2.36. The molecule has 0 fully saturated rings. The minimum atomic E-state index is 0.921. The van der Waals surface area contributed by atoms with E-state index in [1.165, 1.54) is 5.70 Å². The van der Waals surface area contributed by atoms with E-state index in [4.69, 9.17) is 4.84 Å². The van der Waals surface area contributed by atoms with E-state index in [-0.39, 0.29) is 0 Å². The van der Waals surface area contributed by atoms with Gasteiger partial charge in [0, 0.05) is 32.3 Å². The maximum absolute atomic E-state index is 4.89. The third-order valence-electron chi connectivity index (χ3n) is 2.06. The fraction of sp³-hybridized carbons (Fsp3) is 0.750. The molecule has 70 valence electrons. The first-order chi connectivity index (χ1) is 5.77. The zero-order chi connectivity index (χ0) is 8.97. The van der Waals surface area contributed by atoms with Crippen LogP contribution in [0.5, 0.6) is 0 Å². The predicted molar refractivity (Wildman–Crippen MR) is 48.3 cm³/mol. The quantitative estimate of drug-likeness (QED) is 0.582. The summed E-state index contributed by atoms with van der Waals surface area (Å²) in [5.41, 5.74) is 5.27. The second kappa shape index (κ2) is 4.33. The van der Waals surface area contributed by atoms with Crippen LogP contribution in [0.15, 0.2) is 11.4 Å². The molecule has 1 aliphatic heterocycles. The van der Waals surface area contributed by atoms with Gasteiger partial charge in [0.15, 0.2) is 0 Å². The molecular formula is C8H17N3O. The number of nitrogens with zero attached hydrogens (tertiary/aromatic N) is 1. The summed E-state index contributed by atoms with van der Waals surface area (Å²) in [5, 5.41) is 3.17. The molecule has 0 radical (unpaired) electrons. The molecule has 0 amide bonds. The van der Waals surface area contributed by atoms with E-state index in [0.29, 0.717) is 0 Å². The maximum atomic E-state index is 4.89. The standard InChI is InChI=1S/C8H17N3O/c1-9-7-4-5-11(2)6-8(7)10-12-3/h9-10H,4-6H2,1-3H3. The summed E-state index contributed by atoms with van der Waals surface area (Å²) in [6.45, 7) is 2.02. The van der Waals surface area contributed by atoms with Crippen molar-refractivity contribution in [1.82, 2.24) is 15.7 Å². The Morgan fingerprint density at radius 3 is 2.75 bits per heavy atom. The third-order valence-corrected chi connectivity index (χ3v) is 2.06. The van der Waals surface area contributed by atoms with Gasteiger partial charge in [-0.15, -0.1) is 0 Å². The number of hydrogen-bond donors (Lipinski definition) is 2. The van der Waals surface area contributed by atoms with Gasteiger partial charge in [0.05, 0.1) is 12.8 Å². The molecule has 1 rings (SSSR count). The van der Waals surface area contributed by atoms with Crippen molar-refractivity contribution in [3.05, 3.63) is 11.4 Å². The second-order valence-corrected chi connectivity index (χ2v) is 3.00. The Morgan fingerprint density at radius 1 is 1.42 bits per heavy atom. The van der Waals surface area contributed by atoms with Gasteiger partial charge >= 0.3 is 0 Å². The summed E-state index contributed by atoms with van der Waals surface area (Å²) in [4.78, 5) is 7.14. The van der Waals surface area contributed by atoms with E-state index < -0.39 is 0 Å². The van der Waals surface area contributed by atoms with Crippen LogP contribution in [0.2, 0.25) is 0 Å². The van der Waals surface area contributed by atoms with Gasteiger partial charge < -0.3 is 10.2 Å². The van der Waals surface area contributed by atoms with Crippen LogP contribution in [-0.2, 0) is 4.84 Å². The molecule has 0 aromatic heterocycles. The molecule has 0 spiro atoms. The molecule has 0 aromatic carbocycles. The molecule has 4 nitrogen and oxygen atoms in total. The van der Waals surface area contributed by atoms with Crippen molar-refractivity contribution in [3.63, 3.8) is 0 Å². The Kier molecular flexibility index (Phi) is 3.37. The molecule has 0 atom stereocenters. The molecule has 0 saturated carbocycles. The monoisotopic (exact) mass is 171 g/mol.